The average molecular weight is 482 g/mol. The Morgan fingerprint density at radius 1 is 1.06 bits per heavy atom. The van der Waals surface area contributed by atoms with Gasteiger partial charge in [0.05, 0.1) is 34.9 Å². The SMILES string of the molecule is Cc1ccc(S(=O)(=O)N2CCC[C@@H](C(=O)Nc3ccccc3C(=O)NCc3ccco3)C2)cc1. The van der Waals surface area contributed by atoms with Gasteiger partial charge in [-0.05, 0) is 56.2 Å². The zero-order chi connectivity index (χ0) is 24.1. The highest BCUT2D eigenvalue weighted by molar-refractivity contribution is 7.89. The Morgan fingerprint density at radius 3 is 2.56 bits per heavy atom. The van der Waals surface area contributed by atoms with Crippen LogP contribution in [0.25, 0.3) is 0 Å². The summed E-state index contributed by atoms with van der Waals surface area (Å²) >= 11 is 0. The van der Waals surface area contributed by atoms with E-state index in [4.69, 9.17) is 4.42 Å². The maximum atomic E-state index is 13.1. The number of para-hydroxylation sites is 1. The molecule has 1 aliphatic heterocycles. The second-order valence-electron chi connectivity index (χ2n) is 8.31. The highest BCUT2D eigenvalue weighted by Gasteiger charge is 2.33. The molecule has 178 valence electrons. The van der Waals surface area contributed by atoms with Crippen molar-refractivity contribution in [3.05, 3.63) is 83.8 Å². The van der Waals surface area contributed by atoms with Crippen LogP contribution in [0.1, 0.15) is 34.5 Å². The van der Waals surface area contributed by atoms with E-state index >= 15 is 0 Å². The number of hydrogen-bond donors (Lipinski definition) is 2. The van der Waals surface area contributed by atoms with Gasteiger partial charge in [0, 0.05) is 13.1 Å². The van der Waals surface area contributed by atoms with E-state index in [1.54, 1.807) is 60.7 Å². The van der Waals surface area contributed by atoms with E-state index in [9.17, 15) is 18.0 Å². The molecule has 2 amide bonds. The summed E-state index contributed by atoms with van der Waals surface area (Å²) in [6, 6.07) is 16.9. The predicted octanol–water partition coefficient (Wildman–Crippen LogP) is 3.56. The Kier molecular flexibility index (Phi) is 7.14. The van der Waals surface area contributed by atoms with Gasteiger partial charge < -0.3 is 15.1 Å². The van der Waals surface area contributed by atoms with Crippen molar-refractivity contribution in [1.29, 1.82) is 0 Å². The van der Waals surface area contributed by atoms with Crippen LogP contribution in [-0.4, -0.2) is 37.6 Å². The topological polar surface area (TPSA) is 109 Å². The van der Waals surface area contributed by atoms with Crippen molar-refractivity contribution in [3.63, 3.8) is 0 Å². The number of carbonyl (C=O) groups is 2. The molecule has 1 atom stereocenters. The van der Waals surface area contributed by atoms with Gasteiger partial charge in [0.2, 0.25) is 15.9 Å². The summed E-state index contributed by atoms with van der Waals surface area (Å²) in [5, 5.41) is 5.60. The van der Waals surface area contributed by atoms with Crippen molar-refractivity contribution in [2.75, 3.05) is 18.4 Å². The summed E-state index contributed by atoms with van der Waals surface area (Å²) in [5.74, 6) is -0.560. The molecule has 9 heteroatoms. The first kappa shape index (κ1) is 23.7. The Morgan fingerprint density at radius 2 is 1.82 bits per heavy atom. The summed E-state index contributed by atoms with van der Waals surface area (Å²) in [7, 11) is -3.69. The molecule has 0 spiro atoms. The molecule has 2 N–H and O–H groups in total. The lowest BCUT2D eigenvalue weighted by molar-refractivity contribution is -0.120. The van der Waals surface area contributed by atoms with Crippen LogP contribution in [0.5, 0.6) is 0 Å². The lowest BCUT2D eigenvalue weighted by Crippen LogP contribution is -2.43. The fraction of sp³-hybridized carbons (Fsp3) is 0.280. The van der Waals surface area contributed by atoms with E-state index in [0.29, 0.717) is 36.4 Å². The van der Waals surface area contributed by atoms with Gasteiger partial charge in [-0.25, -0.2) is 8.42 Å². The van der Waals surface area contributed by atoms with E-state index in [0.717, 1.165) is 5.56 Å². The number of hydrogen-bond acceptors (Lipinski definition) is 5. The Bertz CT molecular complexity index is 1250. The fourth-order valence-corrected chi connectivity index (χ4v) is 5.46. The third-order valence-corrected chi connectivity index (χ3v) is 7.73. The molecule has 0 bridgehead atoms. The number of sulfonamides is 1. The van der Waals surface area contributed by atoms with Crippen LogP contribution in [-0.2, 0) is 21.4 Å². The van der Waals surface area contributed by atoms with Crippen molar-refractivity contribution in [1.82, 2.24) is 9.62 Å². The molecule has 1 aromatic heterocycles. The zero-order valence-corrected chi connectivity index (χ0v) is 19.7. The smallest absolute Gasteiger partial charge is 0.253 e. The number of anilines is 1. The first-order valence-corrected chi connectivity index (χ1v) is 12.6. The number of furan rings is 1. The molecule has 0 aliphatic carbocycles. The summed E-state index contributed by atoms with van der Waals surface area (Å²) in [4.78, 5) is 26.0. The second-order valence-corrected chi connectivity index (χ2v) is 10.3. The van der Waals surface area contributed by atoms with Crippen molar-refractivity contribution in [3.8, 4) is 0 Å². The fourth-order valence-electron chi connectivity index (χ4n) is 3.93. The number of nitrogens with one attached hydrogen (secondary N) is 2. The third-order valence-electron chi connectivity index (χ3n) is 5.85. The van der Waals surface area contributed by atoms with E-state index in [1.165, 1.54) is 10.6 Å². The van der Waals surface area contributed by atoms with E-state index in [-0.39, 0.29) is 29.8 Å². The van der Waals surface area contributed by atoms with Crippen molar-refractivity contribution >= 4 is 27.5 Å². The minimum atomic E-state index is -3.69. The molecule has 3 aromatic rings. The molecule has 0 radical (unpaired) electrons. The lowest BCUT2D eigenvalue weighted by Gasteiger charge is -2.31. The number of nitrogens with zero attached hydrogens (tertiary/aromatic N) is 1. The molecule has 34 heavy (non-hydrogen) atoms. The quantitative estimate of drug-likeness (QED) is 0.536. The Balaban J connectivity index is 1.43. The largest absolute Gasteiger partial charge is 0.467 e. The molecular weight excluding hydrogens is 454 g/mol. The summed E-state index contributed by atoms with van der Waals surface area (Å²) in [5.41, 5.74) is 1.67. The number of benzene rings is 2. The van der Waals surface area contributed by atoms with Crippen LogP contribution in [0.2, 0.25) is 0 Å². The first-order valence-electron chi connectivity index (χ1n) is 11.1. The standard InChI is InChI=1S/C25H27N3O5S/c1-18-10-12-21(13-11-18)34(31,32)28-14-4-6-19(17-28)24(29)27-23-9-3-2-8-22(23)25(30)26-16-20-7-5-15-33-20/h2-3,5,7-13,15,19H,4,6,14,16-17H2,1H3,(H,26,30)(H,27,29)/t19-/m1/s1. The third kappa shape index (κ3) is 5.37. The van der Waals surface area contributed by atoms with Gasteiger partial charge in [-0.2, -0.15) is 4.31 Å². The van der Waals surface area contributed by atoms with Gasteiger partial charge in [-0.15, -0.1) is 0 Å². The van der Waals surface area contributed by atoms with Crippen LogP contribution in [0.15, 0.2) is 76.2 Å². The second kappa shape index (κ2) is 10.2. The van der Waals surface area contributed by atoms with Crippen molar-refractivity contribution in [2.45, 2.75) is 31.2 Å². The predicted molar refractivity (Wildman–Crippen MR) is 128 cm³/mol. The van der Waals surface area contributed by atoms with Crippen LogP contribution in [0.3, 0.4) is 0 Å². The molecule has 8 nitrogen and oxygen atoms in total. The van der Waals surface area contributed by atoms with Crippen LogP contribution < -0.4 is 10.6 Å². The number of rotatable bonds is 7. The lowest BCUT2D eigenvalue weighted by atomic mass is 9.98. The minimum Gasteiger partial charge on any atom is -0.467 e. The molecule has 0 saturated carbocycles. The van der Waals surface area contributed by atoms with Gasteiger partial charge in [-0.3, -0.25) is 9.59 Å². The maximum absolute atomic E-state index is 13.1. The van der Waals surface area contributed by atoms with Crippen LogP contribution >= 0.6 is 0 Å². The van der Waals surface area contributed by atoms with E-state index in [1.807, 2.05) is 6.92 Å². The molecule has 2 heterocycles. The van der Waals surface area contributed by atoms with Crippen LogP contribution in [0.4, 0.5) is 5.69 Å². The van der Waals surface area contributed by atoms with Crippen molar-refractivity contribution in [2.24, 2.45) is 5.92 Å². The molecule has 2 aromatic carbocycles. The maximum Gasteiger partial charge on any atom is 0.253 e. The highest BCUT2D eigenvalue weighted by Crippen LogP contribution is 2.26. The molecular formula is C25H27N3O5S. The average Bonchev–Trinajstić information content (AvgIpc) is 3.37. The summed E-state index contributed by atoms with van der Waals surface area (Å²) in [6.45, 7) is 2.58. The normalized spacial score (nSPS) is 16.7. The molecule has 4 rings (SSSR count). The molecule has 0 unspecified atom stereocenters. The highest BCUT2D eigenvalue weighted by atomic mass is 32.2. The number of amides is 2. The number of piperidine rings is 1. The van der Waals surface area contributed by atoms with Gasteiger partial charge >= 0.3 is 0 Å². The van der Waals surface area contributed by atoms with Crippen LogP contribution in [0, 0.1) is 12.8 Å². The Hall–Kier alpha value is -3.43. The van der Waals surface area contributed by atoms with E-state index in [2.05, 4.69) is 10.6 Å². The summed E-state index contributed by atoms with van der Waals surface area (Å²) < 4.78 is 32.7. The number of aryl methyl sites for hydroxylation is 1. The zero-order valence-electron chi connectivity index (χ0n) is 18.9. The monoisotopic (exact) mass is 481 g/mol. The van der Waals surface area contributed by atoms with E-state index < -0.39 is 15.9 Å². The minimum absolute atomic E-state index is 0.0922. The Labute approximate surface area is 199 Å². The summed E-state index contributed by atoms with van der Waals surface area (Å²) in [6.07, 6.45) is 2.68. The molecule has 1 aliphatic rings. The number of carbonyl (C=O) groups excluding carboxylic acids is 2. The first-order chi connectivity index (χ1) is 16.3. The van der Waals surface area contributed by atoms with Crippen molar-refractivity contribution < 1.29 is 22.4 Å². The van der Waals surface area contributed by atoms with Gasteiger partial charge in [0.15, 0.2) is 0 Å². The van der Waals surface area contributed by atoms with Gasteiger partial charge in [-0.1, -0.05) is 29.8 Å². The van der Waals surface area contributed by atoms with Gasteiger partial charge in [0.1, 0.15) is 5.76 Å². The molecule has 1 fully saturated rings. The van der Waals surface area contributed by atoms with Gasteiger partial charge in [0.25, 0.3) is 5.91 Å². The molecule has 1 saturated heterocycles.